The lowest BCUT2D eigenvalue weighted by atomic mass is 10.1. The smallest absolute Gasteiger partial charge is 0.253 e. The predicted molar refractivity (Wildman–Crippen MR) is 64.8 cm³/mol. The van der Waals surface area contributed by atoms with Crippen LogP contribution < -0.4 is 11.1 Å². The van der Waals surface area contributed by atoms with E-state index in [9.17, 15) is 9.59 Å². The molecule has 0 spiro atoms. The number of anilines is 1. The van der Waals surface area contributed by atoms with E-state index in [4.69, 9.17) is 10.5 Å². The van der Waals surface area contributed by atoms with Crippen LogP contribution in [0.4, 0.5) is 5.69 Å². The standard InChI is InChI=1S/C12H16N2O3/c1-7-9(11(13)15)5-4-6-10(7)14-12(16)8(2)17-3/h4-6,8H,1-3H3,(H2,13,15)(H,14,16). The highest BCUT2D eigenvalue weighted by Gasteiger charge is 2.14. The fraction of sp³-hybridized carbons (Fsp3) is 0.333. The van der Waals surface area contributed by atoms with Crippen molar-refractivity contribution in [1.29, 1.82) is 0 Å². The third kappa shape index (κ3) is 3.04. The first-order valence-corrected chi connectivity index (χ1v) is 5.20. The highest BCUT2D eigenvalue weighted by atomic mass is 16.5. The Balaban J connectivity index is 2.96. The number of ether oxygens (including phenoxy) is 1. The fourth-order valence-corrected chi connectivity index (χ4v) is 1.38. The van der Waals surface area contributed by atoms with Crippen LogP contribution >= 0.6 is 0 Å². The molecular weight excluding hydrogens is 220 g/mol. The Morgan fingerprint density at radius 1 is 1.41 bits per heavy atom. The maximum absolute atomic E-state index is 11.6. The number of nitrogens with two attached hydrogens (primary N) is 1. The van der Waals surface area contributed by atoms with Crippen molar-refractivity contribution in [2.45, 2.75) is 20.0 Å². The van der Waals surface area contributed by atoms with Crippen LogP contribution in [0.25, 0.3) is 0 Å². The van der Waals surface area contributed by atoms with Crippen LogP contribution in [-0.2, 0) is 9.53 Å². The summed E-state index contributed by atoms with van der Waals surface area (Å²) in [6.07, 6.45) is -0.549. The summed E-state index contributed by atoms with van der Waals surface area (Å²) in [6.45, 7) is 3.37. The Labute approximate surface area is 99.9 Å². The molecule has 0 radical (unpaired) electrons. The largest absolute Gasteiger partial charge is 0.372 e. The highest BCUT2D eigenvalue weighted by molar-refractivity contribution is 5.99. The van der Waals surface area contributed by atoms with Gasteiger partial charge in [-0.05, 0) is 31.5 Å². The third-order valence-corrected chi connectivity index (χ3v) is 2.58. The summed E-state index contributed by atoms with van der Waals surface area (Å²) < 4.78 is 4.90. The van der Waals surface area contributed by atoms with Gasteiger partial charge in [-0.2, -0.15) is 0 Å². The number of rotatable bonds is 4. The lowest BCUT2D eigenvalue weighted by molar-refractivity contribution is -0.124. The second-order valence-corrected chi connectivity index (χ2v) is 3.71. The summed E-state index contributed by atoms with van der Waals surface area (Å²) in [6, 6.07) is 5.00. The van der Waals surface area contributed by atoms with Gasteiger partial charge in [0.1, 0.15) is 6.10 Å². The van der Waals surface area contributed by atoms with Crippen molar-refractivity contribution in [2.75, 3.05) is 12.4 Å². The van der Waals surface area contributed by atoms with Crippen molar-refractivity contribution in [3.63, 3.8) is 0 Å². The van der Waals surface area contributed by atoms with Gasteiger partial charge < -0.3 is 15.8 Å². The van der Waals surface area contributed by atoms with Crippen molar-refractivity contribution in [1.82, 2.24) is 0 Å². The molecule has 5 heteroatoms. The molecule has 5 nitrogen and oxygen atoms in total. The SMILES string of the molecule is COC(C)C(=O)Nc1cccc(C(N)=O)c1C. The average molecular weight is 236 g/mol. The molecule has 0 aliphatic carbocycles. The number of hydrogen-bond donors (Lipinski definition) is 2. The Bertz CT molecular complexity index is 443. The van der Waals surface area contributed by atoms with Crippen molar-refractivity contribution < 1.29 is 14.3 Å². The Morgan fingerprint density at radius 2 is 2.06 bits per heavy atom. The molecule has 0 aromatic heterocycles. The molecule has 0 fully saturated rings. The van der Waals surface area contributed by atoms with Crippen LogP contribution in [0.2, 0.25) is 0 Å². The molecule has 2 amide bonds. The van der Waals surface area contributed by atoms with E-state index in [-0.39, 0.29) is 5.91 Å². The van der Waals surface area contributed by atoms with Crippen molar-refractivity contribution >= 4 is 17.5 Å². The van der Waals surface area contributed by atoms with Gasteiger partial charge in [-0.15, -0.1) is 0 Å². The normalized spacial score (nSPS) is 11.9. The van der Waals surface area contributed by atoms with Gasteiger partial charge in [0.05, 0.1) is 0 Å². The number of nitrogens with one attached hydrogen (secondary N) is 1. The number of hydrogen-bond acceptors (Lipinski definition) is 3. The fourth-order valence-electron chi connectivity index (χ4n) is 1.38. The van der Waals surface area contributed by atoms with E-state index < -0.39 is 12.0 Å². The summed E-state index contributed by atoms with van der Waals surface area (Å²) in [5, 5.41) is 2.68. The van der Waals surface area contributed by atoms with E-state index in [0.29, 0.717) is 16.8 Å². The van der Waals surface area contributed by atoms with Gasteiger partial charge in [-0.25, -0.2) is 0 Å². The van der Waals surface area contributed by atoms with Crippen LogP contribution in [-0.4, -0.2) is 25.0 Å². The minimum atomic E-state index is -0.549. The van der Waals surface area contributed by atoms with Crippen molar-refractivity contribution in [3.8, 4) is 0 Å². The Hall–Kier alpha value is -1.88. The van der Waals surface area contributed by atoms with E-state index in [1.54, 1.807) is 32.0 Å². The summed E-state index contributed by atoms with van der Waals surface area (Å²) in [7, 11) is 1.46. The van der Waals surface area contributed by atoms with Gasteiger partial charge in [0.25, 0.3) is 5.91 Å². The number of methoxy groups -OCH3 is 1. The molecule has 0 bridgehead atoms. The summed E-state index contributed by atoms with van der Waals surface area (Å²) in [5.74, 6) is -0.782. The predicted octanol–water partition coefficient (Wildman–Crippen LogP) is 1.07. The number of carbonyl (C=O) groups excluding carboxylic acids is 2. The lowest BCUT2D eigenvalue weighted by Gasteiger charge is -2.13. The minimum Gasteiger partial charge on any atom is -0.372 e. The van der Waals surface area contributed by atoms with E-state index in [0.717, 1.165) is 0 Å². The Kier molecular flexibility index (Phi) is 4.23. The monoisotopic (exact) mass is 236 g/mol. The van der Waals surface area contributed by atoms with Crippen LogP contribution in [0.5, 0.6) is 0 Å². The first-order valence-electron chi connectivity index (χ1n) is 5.20. The summed E-state index contributed by atoms with van der Waals surface area (Å²) in [4.78, 5) is 22.8. The van der Waals surface area contributed by atoms with Crippen LogP contribution in [0.3, 0.4) is 0 Å². The molecule has 0 heterocycles. The summed E-state index contributed by atoms with van der Waals surface area (Å²) in [5.41, 5.74) is 6.83. The van der Waals surface area contributed by atoms with Gasteiger partial charge in [-0.3, -0.25) is 9.59 Å². The molecule has 0 saturated heterocycles. The first kappa shape index (κ1) is 13.2. The summed E-state index contributed by atoms with van der Waals surface area (Å²) >= 11 is 0. The quantitative estimate of drug-likeness (QED) is 0.820. The topological polar surface area (TPSA) is 81.4 Å². The maximum atomic E-state index is 11.6. The van der Waals surface area contributed by atoms with Gasteiger partial charge in [0.15, 0.2) is 0 Å². The molecule has 1 aromatic rings. The number of amides is 2. The van der Waals surface area contributed by atoms with Gasteiger partial charge in [-0.1, -0.05) is 6.07 Å². The maximum Gasteiger partial charge on any atom is 0.253 e. The average Bonchev–Trinajstić information content (AvgIpc) is 2.30. The van der Waals surface area contributed by atoms with E-state index in [1.807, 2.05) is 0 Å². The van der Waals surface area contributed by atoms with Gasteiger partial charge in [0, 0.05) is 18.4 Å². The molecule has 0 aliphatic heterocycles. The van der Waals surface area contributed by atoms with Crippen molar-refractivity contribution in [3.05, 3.63) is 29.3 Å². The van der Waals surface area contributed by atoms with E-state index in [1.165, 1.54) is 7.11 Å². The highest BCUT2D eigenvalue weighted by Crippen LogP contribution is 2.18. The van der Waals surface area contributed by atoms with Crippen LogP contribution in [0.1, 0.15) is 22.8 Å². The number of benzene rings is 1. The van der Waals surface area contributed by atoms with Gasteiger partial charge in [0.2, 0.25) is 5.91 Å². The van der Waals surface area contributed by atoms with E-state index in [2.05, 4.69) is 5.32 Å². The molecule has 0 aliphatic rings. The molecule has 0 saturated carbocycles. The molecule has 17 heavy (non-hydrogen) atoms. The molecule has 1 unspecified atom stereocenters. The molecule has 92 valence electrons. The lowest BCUT2D eigenvalue weighted by Crippen LogP contribution is -2.27. The zero-order chi connectivity index (χ0) is 13.0. The molecule has 1 aromatic carbocycles. The first-order chi connectivity index (χ1) is 7.97. The molecule has 1 rings (SSSR count). The molecule has 1 atom stereocenters. The van der Waals surface area contributed by atoms with Crippen LogP contribution in [0, 0.1) is 6.92 Å². The second-order valence-electron chi connectivity index (χ2n) is 3.71. The molecule has 3 N–H and O–H groups in total. The number of carbonyl (C=O) groups is 2. The Morgan fingerprint density at radius 3 is 2.59 bits per heavy atom. The second kappa shape index (κ2) is 5.45. The van der Waals surface area contributed by atoms with E-state index >= 15 is 0 Å². The zero-order valence-corrected chi connectivity index (χ0v) is 10.1. The molecular formula is C12H16N2O3. The minimum absolute atomic E-state index is 0.266. The zero-order valence-electron chi connectivity index (χ0n) is 10.1. The van der Waals surface area contributed by atoms with Crippen LogP contribution in [0.15, 0.2) is 18.2 Å². The van der Waals surface area contributed by atoms with Gasteiger partial charge >= 0.3 is 0 Å². The van der Waals surface area contributed by atoms with Crippen molar-refractivity contribution in [2.24, 2.45) is 5.73 Å². The number of primary amides is 1. The third-order valence-electron chi connectivity index (χ3n) is 2.58.